The molecule has 0 radical (unpaired) electrons. The molecule has 0 N–H and O–H groups in total. The fraction of sp³-hybridized carbons (Fsp3) is 0.422. The molecule has 0 saturated carbocycles. The third-order valence-corrected chi connectivity index (χ3v) is 8.34. The Kier molecular flexibility index (Phi) is 20.6. The van der Waals surface area contributed by atoms with Crippen molar-refractivity contribution < 1.29 is 57.1 Å². The van der Waals surface area contributed by atoms with Crippen molar-refractivity contribution in [2.24, 2.45) is 5.92 Å². The van der Waals surface area contributed by atoms with E-state index < -0.39 is 17.9 Å². The topological polar surface area (TPSA) is 174 Å². The van der Waals surface area contributed by atoms with Crippen LogP contribution in [0.25, 0.3) is 0 Å². The van der Waals surface area contributed by atoms with Crippen molar-refractivity contribution in [2.45, 2.75) is 85.0 Å². The lowest BCUT2D eigenvalue weighted by atomic mass is 10.1. The van der Waals surface area contributed by atoms with Gasteiger partial charge in [0.1, 0.15) is 28.6 Å². The van der Waals surface area contributed by atoms with E-state index in [-0.39, 0.29) is 59.1 Å². The Labute approximate surface area is 340 Å². The number of rotatable bonds is 26. The third-order valence-electron chi connectivity index (χ3n) is 8.34. The second-order valence-corrected chi connectivity index (χ2v) is 13.6. The number of hydrogen-bond acceptors (Lipinski definition) is 13. The number of nitrogens with zero attached hydrogens (tertiary/aromatic N) is 1. The van der Waals surface area contributed by atoms with Crippen molar-refractivity contribution in [1.82, 2.24) is 0 Å². The molecule has 0 unspecified atom stereocenters. The van der Waals surface area contributed by atoms with Crippen LogP contribution in [0.3, 0.4) is 0 Å². The number of hydrogen-bond donors (Lipinski definition) is 0. The van der Waals surface area contributed by atoms with Gasteiger partial charge in [-0.15, -0.1) is 0 Å². The molecule has 3 rings (SSSR count). The van der Waals surface area contributed by atoms with E-state index in [4.69, 9.17) is 38.4 Å². The van der Waals surface area contributed by atoms with E-state index in [2.05, 4.69) is 6.58 Å². The van der Waals surface area contributed by atoms with Gasteiger partial charge in [-0.3, -0.25) is 4.79 Å². The molecular weight excluding hydrogens is 746 g/mol. The Morgan fingerprint density at radius 3 is 1.59 bits per heavy atom. The van der Waals surface area contributed by atoms with E-state index in [0.717, 1.165) is 51.4 Å². The first-order valence-electron chi connectivity index (χ1n) is 19.6. The quantitative estimate of drug-likeness (QED) is 0.0248. The average Bonchev–Trinajstić information content (AvgIpc) is 3.21. The van der Waals surface area contributed by atoms with Crippen LogP contribution in [0.4, 0.5) is 0 Å². The Bertz CT molecular complexity index is 1840. The molecule has 3 aromatic rings. The number of carbonyl (C=O) groups excluding carboxylic acids is 5. The molecule has 58 heavy (non-hydrogen) atoms. The van der Waals surface area contributed by atoms with Crippen LogP contribution in [0.15, 0.2) is 78.9 Å². The van der Waals surface area contributed by atoms with Gasteiger partial charge in [-0.1, -0.05) is 20.4 Å². The molecule has 13 nitrogen and oxygen atoms in total. The second-order valence-electron chi connectivity index (χ2n) is 13.6. The van der Waals surface area contributed by atoms with Crippen LogP contribution < -0.4 is 18.9 Å². The number of nitriles is 1. The van der Waals surface area contributed by atoms with Gasteiger partial charge in [-0.05, 0) is 131 Å². The van der Waals surface area contributed by atoms with Crippen molar-refractivity contribution in [3.05, 3.63) is 95.6 Å². The molecule has 3 aromatic carbocycles. The highest BCUT2D eigenvalue weighted by atomic mass is 16.6. The van der Waals surface area contributed by atoms with Gasteiger partial charge < -0.3 is 33.2 Å². The summed E-state index contributed by atoms with van der Waals surface area (Å²) in [5, 5.41) is 8.83. The minimum atomic E-state index is -0.827. The molecule has 0 atom stereocenters. The van der Waals surface area contributed by atoms with Crippen molar-refractivity contribution in [1.29, 1.82) is 5.26 Å². The van der Waals surface area contributed by atoms with Crippen LogP contribution in [0, 0.1) is 17.2 Å². The Hall–Kier alpha value is -6.16. The Morgan fingerprint density at radius 2 is 1.07 bits per heavy atom. The van der Waals surface area contributed by atoms with Gasteiger partial charge in [-0.25, -0.2) is 19.2 Å². The van der Waals surface area contributed by atoms with Crippen LogP contribution in [0.1, 0.15) is 116 Å². The lowest BCUT2D eigenvalue weighted by Crippen LogP contribution is -2.14. The second kappa shape index (κ2) is 25.9. The summed E-state index contributed by atoms with van der Waals surface area (Å²) < 4.78 is 38.3. The van der Waals surface area contributed by atoms with Gasteiger partial charge in [0.05, 0.1) is 56.1 Å². The zero-order chi connectivity index (χ0) is 42.1. The molecule has 0 aliphatic heterocycles. The zero-order valence-corrected chi connectivity index (χ0v) is 33.6. The molecule has 0 aliphatic rings. The van der Waals surface area contributed by atoms with Gasteiger partial charge in [0, 0.05) is 12.0 Å². The van der Waals surface area contributed by atoms with E-state index in [9.17, 15) is 24.0 Å². The predicted molar refractivity (Wildman–Crippen MR) is 214 cm³/mol. The largest absolute Gasteiger partial charge is 0.494 e. The number of unbranched alkanes of at least 4 members (excludes halogenated alkanes) is 7. The van der Waals surface area contributed by atoms with Crippen molar-refractivity contribution >= 4 is 29.8 Å². The summed E-state index contributed by atoms with van der Waals surface area (Å²) in [5.74, 6) is -1.91. The maximum absolute atomic E-state index is 13.1. The summed E-state index contributed by atoms with van der Waals surface area (Å²) in [7, 11) is 0. The van der Waals surface area contributed by atoms with Gasteiger partial charge in [0.15, 0.2) is 0 Å². The van der Waals surface area contributed by atoms with Gasteiger partial charge in [-0.2, -0.15) is 5.26 Å². The van der Waals surface area contributed by atoms with E-state index >= 15 is 0 Å². The van der Waals surface area contributed by atoms with Crippen molar-refractivity contribution in [3.63, 3.8) is 0 Å². The molecule has 0 fully saturated rings. The number of benzene rings is 3. The van der Waals surface area contributed by atoms with E-state index in [1.165, 1.54) is 30.3 Å². The standard InChI is InChI=1S/C45H53NO12/c1-32(2)41(47)54-28-12-7-5-10-26-52-36-19-15-34(16-20-36)43(49)57-38-23-24-40(39(31-38)45(51)56-30-14-9-25-46)58-44(50)35-17-21-37(22-18-35)53-27-11-6-8-13-29-55-42(48)33(3)4/h15-24,31-32H,3,5-14,26-30H2,1-2,4H3. The molecule has 0 saturated heterocycles. The molecule has 0 heterocycles. The maximum atomic E-state index is 13.1. The van der Waals surface area contributed by atoms with E-state index in [1.54, 1.807) is 57.2 Å². The van der Waals surface area contributed by atoms with Crippen LogP contribution in [0.5, 0.6) is 23.0 Å². The lowest BCUT2D eigenvalue weighted by Gasteiger charge is -2.13. The zero-order valence-electron chi connectivity index (χ0n) is 33.6. The van der Waals surface area contributed by atoms with Crippen molar-refractivity contribution in [3.8, 4) is 29.1 Å². The Balaban J connectivity index is 1.52. The number of esters is 5. The summed E-state index contributed by atoms with van der Waals surface area (Å²) in [5.41, 5.74) is 0.673. The summed E-state index contributed by atoms with van der Waals surface area (Å²) in [6, 6.07) is 18.8. The highest BCUT2D eigenvalue weighted by Gasteiger charge is 2.21. The minimum absolute atomic E-state index is 0.0146. The molecule has 0 aromatic heterocycles. The molecule has 310 valence electrons. The maximum Gasteiger partial charge on any atom is 0.343 e. The molecule has 0 aliphatic carbocycles. The fourth-order valence-corrected chi connectivity index (χ4v) is 5.04. The summed E-state index contributed by atoms with van der Waals surface area (Å²) in [6.07, 6.45) is 7.26. The summed E-state index contributed by atoms with van der Waals surface area (Å²) >= 11 is 0. The smallest absolute Gasteiger partial charge is 0.343 e. The monoisotopic (exact) mass is 799 g/mol. The van der Waals surface area contributed by atoms with Crippen LogP contribution in [-0.4, -0.2) is 62.9 Å². The van der Waals surface area contributed by atoms with Crippen LogP contribution in [0.2, 0.25) is 0 Å². The summed E-state index contributed by atoms with van der Waals surface area (Å²) in [6.45, 7) is 10.4. The third kappa shape index (κ3) is 17.3. The SMILES string of the molecule is C=C(C)C(=O)OCCCCCCOc1ccc(C(=O)Oc2ccc(OC(=O)c3ccc(OCCCCCCOC(=O)C(C)C)cc3)cc2C(=O)OCCCC#N)cc1. The van der Waals surface area contributed by atoms with Gasteiger partial charge >= 0.3 is 29.8 Å². The molecular formula is C45H53NO12. The van der Waals surface area contributed by atoms with Crippen molar-refractivity contribution in [2.75, 3.05) is 33.0 Å². The first kappa shape index (κ1) is 46.2. The average molecular weight is 800 g/mol. The van der Waals surface area contributed by atoms with Gasteiger partial charge in [0.2, 0.25) is 0 Å². The van der Waals surface area contributed by atoms with Crippen LogP contribution >= 0.6 is 0 Å². The normalized spacial score (nSPS) is 10.5. The van der Waals surface area contributed by atoms with Crippen LogP contribution in [-0.2, 0) is 23.8 Å². The van der Waals surface area contributed by atoms with E-state index in [0.29, 0.717) is 49.9 Å². The first-order valence-corrected chi connectivity index (χ1v) is 19.6. The highest BCUT2D eigenvalue weighted by molar-refractivity contribution is 5.97. The molecule has 0 bridgehead atoms. The minimum Gasteiger partial charge on any atom is -0.494 e. The lowest BCUT2D eigenvalue weighted by molar-refractivity contribution is -0.147. The van der Waals surface area contributed by atoms with Gasteiger partial charge in [0.25, 0.3) is 0 Å². The predicted octanol–water partition coefficient (Wildman–Crippen LogP) is 8.78. The highest BCUT2D eigenvalue weighted by Crippen LogP contribution is 2.28. The molecule has 0 amide bonds. The number of carbonyl (C=O) groups is 5. The molecule has 0 spiro atoms. The number of ether oxygens (including phenoxy) is 7. The first-order chi connectivity index (χ1) is 28.0. The Morgan fingerprint density at radius 1 is 0.586 bits per heavy atom. The fourth-order valence-electron chi connectivity index (χ4n) is 5.04. The summed E-state index contributed by atoms with van der Waals surface area (Å²) in [4.78, 5) is 62.2. The van der Waals surface area contributed by atoms with E-state index in [1.807, 2.05) is 6.07 Å². The molecule has 13 heteroatoms.